The second-order valence-corrected chi connectivity index (χ2v) is 7.59. The summed E-state index contributed by atoms with van der Waals surface area (Å²) in [6, 6.07) is 23.4. The van der Waals surface area contributed by atoms with Gasteiger partial charge in [0, 0.05) is 12.1 Å². The molecule has 1 aromatic heterocycles. The van der Waals surface area contributed by atoms with E-state index in [-0.39, 0.29) is 11.9 Å². The first kappa shape index (κ1) is 19.3. The Morgan fingerprint density at radius 3 is 2.44 bits per heavy atom. The van der Waals surface area contributed by atoms with E-state index in [2.05, 4.69) is 71.5 Å². The highest BCUT2D eigenvalue weighted by Gasteiger charge is 2.19. The van der Waals surface area contributed by atoms with Crippen LogP contribution in [-0.4, -0.2) is 19.0 Å². The third-order valence-electron chi connectivity index (χ3n) is 4.71. The zero-order chi connectivity index (χ0) is 18.9. The maximum Gasteiger partial charge on any atom is 0.275 e. The molecule has 3 N–H and O–H groups in total. The lowest BCUT2D eigenvalue weighted by molar-refractivity contribution is -0.676. The molecule has 0 saturated heterocycles. The van der Waals surface area contributed by atoms with Gasteiger partial charge in [0.05, 0.1) is 4.88 Å². The Morgan fingerprint density at radius 1 is 1.00 bits per heavy atom. The normalized spacial score (nSPS) is 11.9. The average Bonchev–Trinajstić information content (AvgIpc) is 3.24. The van der Waals surface area contributed by atoms with E-state index in [1.807, 2.05) is 18.2 Å². The van der Waals surface area contributed by atoms with Crippen LogP contribution in [0.25, 0.3) is 0 Å². The molecule has 0 aliphatic carbocycles. The third kappa shape index (κ3) is 5.78. The van der Waals surface area contributed by atoms with Crippen LogP contribution in [0.2, 0.25) is 0 Å². The van der Waals surface area contributed by atoms with Crippen LogP contribution in [0.4, 0.5) is 0 Å². The summed E-state index contributed by atoms with van der Waals surface area (Å²) in [5, 5.41) is 7.26. The van der Waals surface area contributed by atoms with Gasteiger partial charge in [-0.05, 0) is 35.4 Å². The number of hydrogen-bond donors (Lipinski definition) is 2. The highest BCUT2D eigenvalue weighted by molar-refractivity contribution is 7.10. The van der Waals surface area contributed by atoms with Crippen molar-refractivity contribution in [3.05, 3.63) is 93.7 Å². The molecule has 27 heavy (non-hydrogen) atoms. The van der Waals surface area contributed by atoms with Crippen molar-refractivity contribution in [2.75, 3.05) is 13.1 Å². The van der Waals surface area contributed by atoms with Crippen molar-refractivity contribution in [2.45, 2.75) is 25.8 Å². The lowest BCUT2D eigenvalue weighted by Gasteiger charge is -2.15. The molecule has 2 aromatic carbocycles. The number of rotatable bonds is 9. The van der Waals surface area contributed by atoms with Crippen molar-refractivity contribution < 1.29 is 10.1 Å². The number of nitrogens with two attached hydrogens (primary N) is 1. The van der Waals surface area contributed by atoms with Gasteiger partial charge in [-0.1, -0.05) is 67.6 Å². The Balaban J connectivity index is 1.55. The van der Waals surface area contributed by atoms with E-state index in [0.717, 1.165) is 12.8 Å². The van der Waals surface area contributed by atoms with E-state index in [1.165, 1.54) is 21.6 Å². The minimum atomic E-state index is 0.0812. The van der Waals surface area contributed by atoms with Gasteiger partial charge >= 0.3 is 0 Å². The van der Waals surface area contributed by atoms with Crippen molar-refractivity contribution in [2.24, 2.45) is 0 Å². The van der Waals surface area contributed by atoms with E-state index in [4.69, 9.17) is 0 Å². The zero-order valence-corrected chi connectivity index (χ0v) is 16.5. The fourth-order valence-electron chi connectivity index (χ4n) is 3.13. The first-order chi connectivity index (χ1) is 13.3. The topological polar surface area (TPSA) is 45.7 Å². The lowest BCUT2D eigenvalue weighted by atomic mass is 10.0. The van der Waals surface area contributed by atoms with Gasteiger partial charge in [0.25, 0.3) is 5.91 Å². The molecule has 140 valence electrons. The maximum atomic E-state index is 12.3. The van der Waals surface area contributed by atoms with Crippen LogP contribution in [0.15, 0.2) is 72.1 Å². The van der Waals surface area contributed by atoms with E-state index in [9.17, 15) is 4.79 Å². The molecule has 0 aliphatic rings. The molecule has 4 heteroatoms. The van der Waals surface area contributed by atoms with Gasteiger partial charge in [0.2, 0.25) is 0 Å². The second kappa shape index (κ2) is 10.0. The molecular weight excluding hydrogens is 352 g/mol. The molecule has 0 radical (unpaired) electrons. The van der Waals surface area contributed by atoms with Crippen molar-refractivity contribution in [3.8, 4) is 0 Å². The predicted molar refractivity (Wildman–Crippen MR) is 112 cm³/mol. The quantitative estimate of drug-likeness (QED) is 0.589. The largest absolute Gasteiger partial charge is 0.351 e. The van der Waals surface area contributed by atoms with Crippen LogP contribution in [-0.2, 0) is 17.6 Å². The van der Waals surface area contributed by atoms with Crippen molar-refractivity contribution in [1.82, 2.24) is 5.32 Å². The summed E-state index contributed by atoms with van der Waals surface area (Å²) >= 11 is 1.74. The van der Waals surface area contributed by atoms with Gasteiger partial charge in [0.1, 0.15) is 6.04 Å². The van der Waals surface area contributed by atoms with E-state index in [1.54, 1.807) is 11.3 Å². The highest BCUT2D eigenvalue weighted by Crippen LogP contribution is 2.23. The van der Waals surface area contributed by atoms with Gasteiger partial charge in [-0.15, -0.1) is 11.3 Å². The van der Waals surface area contributed by atoms with Crippen LogP contribution in [0.3, 0.4) is 0 Å². The minimum Gasteiger partial charge on any atom is -0.351 e. The van der Waals surface area contributed by atoms with Gasteiger partial charge in [-0.2, -0.15) is 0 Å². The Hall–Kier alpha value is -2.43. The van der Waals surface area contributed by atoms with Crippen molar-refractivity contribution >= 4 is 17.2 Å². The fourth-order valence-corrected chi connectivity index (χ4v) is 3.98. The van der Waals surface area contributed by atoms with Crippen LogP contribution < -0.4 is 10.6 Å². The molecule has 0 spiro atoms. The number of aryl methyl sites for hydroxylation is 1. The summed E-state index contributed by atoms with van der Waals surface area (Å²) in [5.41, 5.74) is 3.82. The second-order valence-electron chi connectivity index (χ2n) is 6.61. The number of hydrogen-bond acceptors (Lipinski definition) is 2. The van der Waals surface area contributed by atoms with Crippen LogP contribution in [0.1, 0.15) is 34.5 Å². The highest BCUT2D eigenvalue weighted by atomic mass is 32.1. The van der Waals surface area contributed by atoms with Gasteiger partial charge in [0.15, 0.2) is 6.54 Å². The smallest absolute Gasteiger partial charge is 0.275 e. The zero-order valence-electron chi connectivity index (χ0n) is 15.7. The molecule has 0 saturated carbocycles. The molecule has 0 bridgehead atoms. The summed E-state index contributed by atoms with van der Waals surface area (Å²) in [6.07, 6.45) is 1.90. The Kier molecular flexibility index (Phi) is 7.19. The number of carbonyl (C=O) groups is 1. The summed E-state index contributed by atoms with van der Waals surface area (Å²) in [5.74, 6) is 0.0812. The van der Waals surface area contributed by atoms with Crippen molar-refractivity contribution in [1.29, 1.82) is 0 Å². The molecule has 0 fully saturated rings. The summed E-state index contributed by atoms with van der Waals surface area (Å²) in [6.45, 7) is 3.26. The Labute approximate surface area is 165 Å². The monoisotopic (exact) mass is 379 g/mol. The van der Waals surface area contributed by atoms with Gasteiger partial charge in [-0.25, -0.2) is 0 Å². The molecule has 1 amide bonds. The Bertz CT molecular complexity index is 813. The molecule has 0 aliphatic heterocycles. The molecule has 3 rings (SSSR count). The average molecular weight is 380 g/mol. The fraction of sp³-hybridized carbons (Fsp3) is 0.261. The number of nitrogens with one attached hydrogen (secondary N) is 1. The number of amides is 1. The molecule has 1 heterocycles. The molecule has 1 atom stereocenters. The standard InChI is InChI=1S/C23H26N2OS/c1-2-18-10-12-20(13-11-18)23(21-9-6-16-27-21)25-17-22(26)24-15-14-19-7-4-3-5-8-19/h3-13,16,23,25H,2,14-15,17H2,1H3,(H,24,26)/p+1/t23-/m1/s1. The first-order valence-corrected chi connectivity index (χ1v) is 10.4. The van der Waals surface area contributed by atoms with Crippen LogP contribution in [0, 0.1) is 0 Å². The minimum absolute atomic E-state index is 0.0812. The van der Waals surface area contributed by atoms with E-state index < -0.39 is 0 Å². The van der Waals surface area contributed by atoms with E-state index >= 15 is 0 Å². The molecular formula is C23H27N2OS+. The number of thiophene rings is 1. The van der Waals surface area contributed by atoms with Gasteiger partial charge < -0.3 is 10.6 Å². The number of quaternary nitrogens is 1. The Morgan fingerprint density at radius 2 is 1.78 bits per heavy atom. The lowest BCUT2D eigenvalue weighted by Crippen LogP contribution is -2.87. The maximum absolute atomic E-state index is 12.3. The van der Waals surface area contributed by atoms with Gasteiger partial charge in [-0.3, -0.25) is 4.79 Å². The van der Waals surface area contributed by atoms with Crippen LogP contribution >= 0.6 is 11.3 Å². The van der Waals surface area contributed by atoms with Crippen LogP contribution in [0.5, 0.6) is 0 Å². The predicted octanol–water partition coefficient (Wildman–Crippen LogP) is 3.32. The summed E-state index contributed by atoms with van der Waals surface area (Å²) in [7, 11) is 0. The summed E-state index contributed by atoms with van der Waals surface area (Å²) in [4.78, 5) is 13.6. The summed E-state index contributed by atoms with van der Waals surface area (Å²) < 4.78 is 0. The van der Waals surface area contributed by atoms with Crippen molar-refractivity contribution in [3.63, 3.8) is 0 Å². The first-order valence-electron chi connectivity index (χ1n) is 9.52. The number of benzene rings is 2. The van der Waals surface area contributed by atoms with E-state index in [0.29, 0.717) is 13.1 Å². The molecule has 0 unspecified atom stereocenters. The SMILES string of the molecule is CCc1ccc([C@@H]([NH2+]CC(=O)NCCc2ccccc2)c2cccs2)cc1. The third-order valence-corrected chi connectivity index (χ3v) is 5.67. The number of carbonyl (C=O) groups excluding carboxylic acids is 1. The molecule has 3 nitrogen and oxygen atoms in total. The molecule has 3 aromatic rings.